The molecular formula is C23H28F3NO4. The third kappa shape index (κ3) is 6.46. The third-order valence-corrected chi connectivity index (χ3v) is 4.50. The Labute approximate surface area is 180 Å². The molecule has 0 amide bonds. The first kappa shape index (κ1) is 24.7. The molecule has 1 heterocycles. The van der Waals surface area contributed by atoms with Crippen LogP contribution in [0.2, 0.25) is 0 Å². The van der Waals surface area contributed by atoms with Gasteiger partial charge in [-0.25, -0.2) is 0 Å². The Balaban J connectivity index is 0.00000107. The predicted molar refractivity (Wildman–Crippen MR) is 113 cm³/mol. The summed E-state index contributed by atoms with van der Waals surface area (Å²) < 4.78 is 46.8. The molecule has 1 aliphatic heterocycles. The second-order valence-corrected chi connectivity index (χ2v) is 7.32. The lowest BCUT2D eigenvalue weighted by atomic mass is 9.89. The number of benzene rings is 2. The van der Waals surface area contributed by atoms with E-state index in [1.165, 1.54) is 12.1 Å². The molecule has 0 aliphatic carbocycles. The highest BCUT2D eigenvalue weighted by molar-refractivity contribution is 5.76. The van der Waals surface area contributed by atoms with Crippen LogP contribution in [-0.2, 0) is 13.0 Å². The molecule has 0 saturated heterocycles. The topological polar surface area (TPSA) is 62.2 Å². The number of rotatable bonds is 6. The molecule has 1 aliphatic rings. The molecule has 0 saturated carbocycles. The highest BCUT2D eigenvalue weighted by Gasteiger charge is 2.31. The fraction of sp³-hybridized carbons (Fsp3) is 0.391. The largest absolute Gasteiger partial charge is 0.573 e. The minimum atomic E-state index is -4.74. The summed E-state index contributed by atoms with van der Waals surface area (Å²) in [6.07, 6.45) is -3.43. The summed E-state index contributed by atoms with van der Waals surface area (Å²) in [6.45, 7) is 5.81. The lowest BCUT2D eigenvalue weighted by molar-refractivity contribution is -0.274. The summed E-state index contributed by atoms with van der Waals surface area (Å²) in [4.78, 5) is 1.94. The van der Waals surface area contributed by atoms with Crippen molar-refractivity contribution in [2.24, 2.45) is 0 Å². The van der Waals surface area contributed by atoms with Crippen LogP contribution in [0.25, 0.3) is 11.1 Å². The summed E-state index contributed by atoms with van der Waals surface area (Å²) in [5, 5.41) is 19.8. The van der Waals surface area contributed by atoms with Crippen LogP contribution in [0.1, 0.15) is 29.7 Å². The lowest BCUT2D eigenvalue weighted by Crippen LogP contribution is -2.17. The summed E-state index contributed by atoms with van der Waals surface area (Å²) in [5.41, 5.74) is 3.73. The molecule has 0 aromatic heterocycles. The van der Waals surface area contributed by atoms with Gasteiger partial charge in [-0.2, -0.15) is 0 Å². The Hall–Kier alpha value is -2.55. The first-order valence-electron chi connectivity index (χ1n) is 9.79. The zero-order valence-electron chi connectivity index (χ0n) is 17.9. The Morgan fingerprint density at radius 1 is 1.26 bits per heavy atom. The lowest BCUT2D eigenvalue weighted by Gasteiger charge is -2.22. The molecule has 31 heavy (non-hydrogen) atoms. The monoisotopic (exact) mass is 439 g/mol. The SMILES string of the molecule is C=CC.CN(C)Cc1cc(-c2ccc(OC(F)(F)F)cc2)c2c(c1C(O)CO)CCO2. The second-order valence-electron chi connectivity index (χ2n) is 7.32. The van der Waals surface area contributed by atoms with E-state index in [1.807, 2.05) is 32.0 Å². The number of allylic oxidation sites excluding steroid dienone is 1. The minimum Gasteiger partial charge on any atom is -0.492 e. The van der Waals surface area contributed by atoms with Gasteiger partial charge in [0.05, 0.1) is 13.2 Å². The van der Waals surface area contributed by atoms with E-state index in [0.717, 1.165) is 16.7 Å². The molecule has 2 aromatic rings. The Kier molecular flexibility index (Phi) is 8.50. The first-order chi connectivity index (χ1) is 14.6. The van der Waals surface area contributed by atoms with Crippen LogP contribution < -0.4 is 9.47 Å². The van der Waals surface area contributed by atoms with Gasteiger partial charge in [0.25, 0.3) is 0 Å². The molecule has 2 aromatic carbocycles. The molecule has 0 spiro atoms. The zero-order chi connectivity index (χ0) is 23.2. The highest BCUT2D eigenvalue weighted by atomic mass is 19.4. The van der Waals surface area contributed by atoms with Crippen molar-refractivity contribution < 1.29 is 32.9 Å². The van der Waals surface area contributed by atoms with Crippen molar-refractivity contribution in [2.45, 2.75) is 32.4 Å². The van der Waals surface area contributed by atoms with Crippen LogP contribution in [0.15, 0.2) is 43.0 Å². The van der Waals surface area contributed by atoms with Gasteiger partial charge in [0.1, 0.15) is 17.6 Å². The summed E-state index contributed by atoms with van der Waals surface area (Å²) in [7, 11) is 3.78. The number of nitrogens with zero attached hydrogens (tertiary/aromatic N) is 1. The molecule has 0 bridgehead atoms. The van der Waals surface area contributed by atoms with Gasteiger partial charge in [0.15, 0.2) is 0 Å². The van der Waals surface area contributed by atoms with Crippen molar-refractivity contribution in [3.8, 4) is 22.6 Å². The average Bonchev–Trinajstić information content (AvgIpc) is 3.16. The van der Waals surface area contributed by atoms with Gasteiger partial charge in [-0.3, -0.25) is 0 Å². The van der Waals surface area contributed by atoms with E-state index < -0.39 is 19.1 Å². The predicted octanol–water partition coefficient (Wildman–Crippen LogP) is 4.47. The maximum absolute atomic E-state index is 12.4. The standard InChI is InChI=1S/C20H22F3NO4.C3H6/c1-24(2)10-13-9-16(12-3-5-14(6-4-12)28-20(21,22)23)19-15(7-8-27-19)18(13)17(26)11-25;1-3-2/h3-6,9,17,25-26H,7-8,10-11H2,1-2H3;3H,1H2,2H3. The molecule has 3 rings (SSSR count). The van der Waals surface area contributed by atoms with Crippen molar-refractivity contribution in [2.75, 3.05) is 27.3 Å². The quantitative estimate of drug-likeness (QED) is 0.651. The third-order valence-electron chi connectivity index (χ3n) is 4.50. The number of halogens is 3. The van der Waals surface area contributed by atoms with E-state index in [1.54, 1.807) is 18.2 Å². The smallest absolute Gasteiger partial charge is 0.492 e. The summed E-state index contributed by atoms with van der Waals surface area (Å²) in [5.74, 6) is 0.296. The van der Waals surface area contributed by atoms with E-state index >= 15 is 0 Å². The van der Waals surface area contributed by atoms with Gasteiger partial charge in [-0.15, -0.1) is 19.8 Å². The van der Waals surface area contributed by atoms with Crippen LogP contribution in [0.3, 0.4) is 0 Å². The van der Waals surface area contributed by atoms with Crippen LogP contribution in [0.5, 0.6) is 11.5 Å². The number of hydrogen-bond acceptors (Lipinski definition) is 5. The summed E-state index contributed by atoms with van der Waals surface area (Å²) >= 11 is 0. The van der Waals surface area contributed by atoms with E-state index in [-0.39, 0.29) is 5.75 Å². The number of aliphatic hydroxyl groups is 2. The van der Waals surface area contributed by atoms with Crippen LogP contribution in [0, 0.1) is 0 Å². The molecule has 0 radical (unpaired) electrons. The second kappa shape index (κ2) is 10.7. The highest BCUT2D eigenvalue weighted by Crippen LogP contribution is 2.43. The molecular weight excluding hydrogens is 411 g/mol. The fourth-order valence-electron chi connectivity index (χ4n) is 3.49. The first-order valence-corrected chi connectivity index (χ1v) is 9.79. The number of alkyl halides is 3. The van der Waals surface area contributed by atoms with Crippen molar-refractivity contribution in [1.29, 1.82) is 0 Å². The van der Waals surface area contributed by atoms with E-state index in [2.05, 4.69) is 11.3 Å². The van der Waals surface area contributed by atoms with E-state index in [0.29, 0.717) is 36.4 Å². The maximum Gasteiger partial charge on any atom is 0.573 e. The normalized spacial score (nSPS) is 13.7. The maximum atomic E-state index is 12.4. The molecule has 5 nitrogen and oxygen atoms in total. The van der Waals surface area contributed by atoms with Gasteiger partial charge < -0.3 is 24.6 Å². The van der Waals surface area contributed by atoms with Crippen LogP contribution in [-0.4, -0.2) is 48.8 Å². The summed E-state index contributed by atoms with van der Waals surface area (Å²) in [6, 6.07) is 7.45. The van der Waals surface area contributed by atoms with Crippen molar-refractivity contribution in [3.63, 3.8) is 0 Å². The molecule has 2 N–H and O–H groups in total. The van der Waals surface area contributed by atoms with Crippen LogP contribution in [0.4, 0.5) is 13.2 Å². The molecule has 170 valence electrons. The van der Waals surface area contributed by atoms with Gasteiger partial charge in [-0.05, 0) is 55.9 Å². The van der Waals surface area contributed by atoms with Gasteiger partial charge in [0, 0.05) is 24.1 Å². The molecule has 8 heteroatoms. The van der Waals surface area contributed by atoms with E-state index in [9.17, 15) is 23.4 Å². The number of ether oxygens (including phenoxy) is 2. The molecule has 1 atom stereocenters. The fourth-order valence-corrected chi connectivity index (χ4v) is 3.49. The number of hydrogen-bond donors (Lipinski definition) is 2. The van der Waals surface area contributed by atoms with E-state index in [4.69, 9.17) is 4.74 Å². The van der Waals surface area contributed by atoms with Crippen molar-refractivity contribution in [3.05, 3.63) is 59.7 Å². The molecule has 1 unspecified atom stereocenters. The Bertz CT molecular complexity index is 880. The molecule has 0 fully saturated rings. The number of fused-ring (bicyclic) bond motifs is 1. The number of aliphatic hydroxyl groups excluding tert-OH is 2. The van der Waals surface area contributed by atoms with Gasteiger partial charge in [0.2, 0.25) is 0 Å². The van der Waals surface area contributed by atoms with Crippen molar-refractivity contribution >= 4 is 0 Å². The minimum absolute atomic E-state index is 0.297. The Morgan fingerprint density at radius 2 is 1.87 bits per heavy atom. The zero-order valence-corrected chi connectivity index (χ0v) is 17.9. The van der Waals surface area contributed by atoms with Gasteiger partial charge in [-0.1, -0.05) is 18.2 Å². The van der Waals surface area contributed by atoms with Crippen LogP contribution >= 0.6 is 0 Å². The van der Waals surface area contributed by atoms with Crippen molar-refractivity contribution in [1.82, 2.24) is 4.90 Å². The van der Waals surface area contributed by atoms with Gasteiger partial charge >= 0.3 is 6.36 Å². The Morgan fingerprint density at radius 3 is 2.39 bits per heavy atom. The average molecular weight is 439 g/mol.